The predicted molar refractivity (Wildman–Crippen MR) is 84.7 cm³/mol. The number of ether oxygens (including phenoxy) is 1. The van der Waals surface area contributed by atoms with Crippen molar-refractivity contribution in [1.82, 2.24) is 5.32 Å². The largest absolute Gasteiger partial charge is 0.497 e. The van der Waals surface area contributed by atoms with Crippen LogP contribution in [0.15, 0.2) is 18.2 Å². The minimum atomic E-state index is 0.0852. The number of methoxy groups -OCH3 is 1. The van der Waals surface area contributed by atoms with Crippen molar-refractivity contribution in [3.63, 3.8) is 0 Å². The van der Waals surface area contributed by atoms with Crippen LogP contribution in [0.4, 0.5) is 0 Å². The van der Waals surface area contributed by atoms with Crippen LogP contribution < -0.4 is 15.8 Å². The van der Waals surface area contributed by atoms with Crippen LogP contribution in [0.5, 0.6) is 5.75 Å². The third kappa shape index (κ3) is 4.61. The van der Waals surface area contributed by atoms with E-state index >= 15 is 0 Å². The fourth-order valence-electron chi connectivity index (χ4n) is 2.82. The smallest absolute Gasteiger partial charge is 0.220 e. The normalized spacial score (nSPS) is 21.3. The second-order valence-corrected chi connectivity index (χ2v) is 6.02. The van der Waals surface area contributed by atoms with Crippen LogP contribution in [0, 0.1) is 5.92 Å². The van der Waals surface area contributed by atoms with Gasteiger partial charge in [-0.15, -0.1) is 0 Å². The van der Waals surface area contributed by atoms with E-state index in [1.165, 1.54) is 0 Å². The molecule has 1 aromatic rings. The molecule has 1 fully saturated rings. The second kappa shape index (κ2) is 7.66. The van der Waals surface area contributed by atoms with Gasteiger partial charge >= 0.3 is 0 Å². The van der Waals surface area contributed by atoms with Gasteiger partial charge in [0.2, 0.25) is 5.91 Å². The molecule has 21 heavy (non-hydrogen) atoms. The lowest BCUT2D eigenvalue weighted by Gasteiger charge is -2.15. The highest BCUT2D eigenvalue weighted by Gasteiger charge is 2.25. The quantitative estimate of drug-likeness (QED) is 0.848. The predicted octanol–water partition coefficient (Wildman–Crippen LogP) is 2.52. The second-order valence-electron chi connectivity index (χ2n) is 5.62. The molecule has 0 aliphatic heterocycles. The summed E-state index contributed by atoms with van der Waals surface area (Å²) in [6.07, 6.45) is 4.50. The van der Waals surface area contributed by atoms with Crippen LogP contribution in [0.25, 0.3) is 0 Å². The molecule has 2 atom stereocenters. The van der Waals surface area contributed by atoms with Crippen molar-refractivity contribution in [2.24, 2.45) is 11.7 Å². The van der Waals surface area contributed by atoms with E-state index in [-0.39, 0.29) is 11.9 Å². The monoisotopic (exact) mass is 310 g/mol. The van der Waals surface area contributed by atoms with Crippen LogP contribution in [-0.2, 0) is 11.2 Å². The number of hydrogen-bond donors (Lipinski definition) is 2. The molecule has 0 aromatic heterocycles. The maximum Gasteiger partial charge on any atom is 0.220 e. The number of hydrogen-bond acceptors (Lipinski definition) is 3. The molecule has 116 valence electrons. The molecule has 0 bridgehead atoms. The fourth-order valence-corrected chi connectivity index (χ4v) is 3.09. The third-order valence-electron chi connectivity index (χ3n) is 4.14. The Kier molecular flexibility index (Phi) is 5.88. The number of nitrogens with one attached hydrogen (secondary N) is 1. The minimum absolute atomic E-state index is 0.0852. The van der Waals surface area contributed by atoms with Gasteiger partial charge in [-0.2, -0.15) is 0 Å². The van der Waals surface area contributed by atoms with Gasteiger partial charge in [0, 0.05) is 24.0 Å². The van der Waals surface area contributed by atoms with Gasteiger partial charge in [0.25, 0.3) is 0 Å². The Morgan fingerprint density at radius 3 is 2.90 bits per heavy atom. The third-order valence-corrected chi connectivity index (χ3v) is 4.49. The minimum Gasteiger partial charge on any atom is -0.497 e. The number of halogens is 1. The van der Waals surface area contributed by atoms with Gasteiger partial charge in [0.05, 0.1) is 7.11 Å². The molecule has 1 saturated carbocycles. The van der Waals surface area contributed by atoms with Crippen molar-refractivity contribution in [3.05, 3.63) is 28.8 Å². The number of nitrogens with two attached hydrogens (primary N) is 1. The average molecular weight is 311 g/mol. The maximum absolute atomic E-state index is 11.9. The van der Waals surface area contributed by atoms with Gasteiger partial charge in [0.15, 0.2) is 0 Å². The summed E-state index contributed by atoms with van der Waals surface area (Å²) in [7, 11) is 1.61. The zero-order valence-corrected chi connectivity index (χ0v) is 13.2. The van der Waals surface area contributed by atoms with Crippen LogP contribution in [0.3, 0.4) is 0 Å². The van der Waals surface area contributed by atoms with Crippen molar-refractivity contribution in [3.8, 4) is 5.75 Å². The lowest BCUT2D eigenvalue weighted by Crippen LogP contribution is -2.32. The summed E-state index contributed by atoms with van der Waals surface area (Å²) in [5.41, 5.74) is 6.99. The number of amides is 1. The molecule has 2 rings (SSSR count). The van der Waals surface area contributed by atoms with Gasteiger partial charge in [0.1, 0.15) is 5.75 Å². The number of rotatable bonds is 6. The molecule has 0 saturated heterocycles. The van der Waals surface area contributed by atoms with Crippen LogP contribution in [0.2, 0.25) is 5.02 Å². The Balaban J connectivity index is 1.75. The van der Waals surface area contributed by atoms with Crippen LogP contribution >= 0.6 is 11.6 Å². The number of carbonyl (C=O) groups is 1. The van der Waals surface area contributed by atoms with Crippen molar-refractivity contribution < 1.29 is 9.53 Å². The highest BCUT2D eigenvalue weighted by molar-refractivity contribution is 6.31. The van der Waals surface area contributed by atoms with Gasteiger partial charge in [-0.05, 0) is 42.9 Å². The maximum atomic E-state index is 11.9. The summed E-state index contributed by atoms with van der Waals surface area (Å²) in [6.45, 7) is 0.590. The van der Waals surface area contributed by atoms with E-state index in [1.807, 2.05) is 12.1 Å². The molecule has 1 aliphatic carbocycles. The molecular formula is C16H23ClN2O2. The highest BCUT2D eigenvalue weighted by Crippen LogP contribution is 2.26. The van der Waals surface area contributed by atoms with E-state index in [0.717, 1.165) is 30.6 Å². The topological polar surface area (TPSA) is 64.3 Å². The average Bonchev–Trinajstić information content (AvgIpc) is 2.86. The first-order valence-electron chi connectivity index (χ1n) is 7.45. The van der Waals surface area contributed by atoms with Crippen LogP contribution in [-0.4, -0.2) is 25.6 Å². The Bertz CT molecular complexity index is 493. The molecule has 0 spiro atoms. The van der Waals surface area contributed by atoms with E-state index in [0.29, 0.717) is 30.3 Å². The van der Waals surface area contributed by atoms with Crippen molar-refractivity contribution in [2.75, 3.05) is 13.7 Å². The van der Waals surface area contributed by atoms with E-state index in [9.17, 15) is 4.79 Å². The first-order chi connectivity index (χ1) is 10.1. The first kappa shape index (κ1) is 16.1. The number of benzene rings is 1. The Labute approximate surface area is 131 Å². The van der Waals surface area contributed by atoms with Crippen LogP contribution in [0.1, 0.15) is 31.2 Å². The standard InChI is InChI=1S/C16H23ClN2O2/c1-21-13-6-5-11(14(17)10-13)7-8-19-16(20)9-12-3-2-4-15(12)18/h5-6,10,12,15H,2-4,7-9,18H2,1H3,(H,19,20)/t12-,15+/m0/s1. The summed E-state index contributed by atoms with van der Waals surface area (Å²) in [4.78, 5) is 11.9. The van der Waals surface area contributed by atoms with Crippen molar-refractivity contribution in [2.45, 2.75) is 38.1 Å². The molecule has 0 radical (unpaired) electrons. The number of carbonyl (C=O) groups excluding carboxylic acids is 1. The van der Waals surface area contributed by atoms with Crippen molar-refractivity contribution in [1.29, 1.82) is 0 Å². The van der Waals surface area contributed by atoms with E-state index in [4.69, 9.17) is 22.1 Å². The lowest BCUT2D eigenvalue weighted by atomic mass is 10.00. The zero-order chi connectivity index (χ0) is 15.2. The summed E-state index contributed by atoms with van der Waals surface area (Å²) in [5.74, 6) is 1.17. The fraction of sp³-hybridized carbons (Fsp3) is 0.562. The molecule has 1 aromatic carbocycles. The van der Waals surface area contributed by atoms with Gasteiger partial charge < -0.3 is 15.8 Å². The zero-order valence-electron chi connectivity index (χ0n) is 12.4. The Morgan fingerprint density at radius 1 is 1.48 bits per heavy atom. The van der Waals surface area contributed by atoms with E-state index in [2.05, 4.69) is 5.32 Å². The van der Waals surface area contributed by atoms with E-state index in [1.54, 1.807) is 13.2 Å². The lowest BCUT2D eigenvalue weighted by molar-refractivity contribution is -0.122. The molecule has 4 nitrogen and oxygen atoms in total. The van der Waals surface area contributed by atoms with Crippen molar-refractivity contribution >= 4 is 17.5 Å². The Hall–Kier alpha value is -1.26. The summed E-state index contributed by atoms with van der Waals surface area (Å²) in [6, 6.07) is 5.78. The molecule has 0 unspecified atom stereocenters. The molecule has 1 amide bonds. The van der Waals surface area contributed by atoms with Gasteiger partial charge in [-0.3, -0.25) is 4.79 Å². The first-order valence-corrected chi connectivity index (χ1v) is 7.82. The highest BCUT2D eigenvalue weighted by atomic mass is 35.5. The molecule has 3 N–H and O–H groups in total. The van der Waals surface area contributed by atoms with Gasteiger partial charge in [-0.1, -0.05) is 24.1 Å². The summed E-state index contributed by atoms with van der Waals surface area (Å²) >= 11 is 6.17. The molecular weight excluding hydrogens is 288 g/mol. The molecule has 0 heterocycles. The Morgan fingerprint density at radius 2 is 2.29 bits per heavy atom. The van der Waals surface area contributed by atoms with E-state index < -0.39 is 0 Å². The SMILES string of the molecule is COc1ccc(CCNC(=O)C[C@@H]2CCC[C@H]2N)c(Cl)c1. The molecule has 5 heteroatoms. The van der Waals surface area contributed by atoms with Gasteiger partial charge in [-0.25, -0.2) is 0 Å². The summed E-state index contributed by atoms with van der Waals surface area (Å²) in [5, 5.41) is 3.62. The summed E-state index contributed by atoms with van der Waals surface area (Å²) < 4.78 is 5.11. The molecule has 1 aliphatic rings.